The van der Waals surface area contributed by atoms with Crippen molar-refractivity contribution in [2.45, 2.75) is 13.5 Å². The number of aromatic amines is 1. The van der Waals surface area contributed by atoms with Crippen LogP contribution in [0.5, 0.6) is 0 Å². The Bertz CT molecular complexity index is 511. The largest absolute Gasteiger partial charge is 0.314 e. The maximum atomic E-state index is 11.3. The minimum absolute atomic E-state index is 0.0617. The summed E-state index contributed by atoms with van der Waals surface area (Å²) in [7, 11) is 1.86. The molecule has 0 radical (unpaired) electrons. The van der Waals surface area contributed by atoms with Crippen molar-refractivity contribution in [2.75, 3.05) is 7.05 Å². The van der Waals surface area contributed by atoms with E-state index in [1.807, 2.05) is 13.1 Å². The number of rotatable bonds is 2. The Morgan fingerprint density at radius 1 is 1.64 bits per heavy atom. The lowest BCUT2D eigenvalue weighted by Crippen LogP contribution is -2.11. The highest BCUT2D eigenvalue weighted by atomic mass is 16.1. The Labute approximate surface area is 80.8 Å². The summed E-state index contributed by atoms with van der Waals surface area (Å²) in [5, 5.41) is 7.29. The normalized spacial score (nSPS) is 11.0. The van der Waals surface area contributed by atoms with Crippen LogP contribution in [0.3, 0.4) is 0 Å². The Kier molecular flexibility index (Phi) is 2.09. The molecule has 2 rings (SSSR count). The monoisotopic (exact) mass is 192 g/mol. The van der Waals surface area contributed by atoms with Crippen molar-refractivity contribution in [2.24, 2.45) is 0 Å². The number of aromatic nitrogens is 3. The number of hydrogen-bond donors (Lipinski definition) is 2. The Hall–Kier alpha value is -1.62. The molecule has 0 aromatic carbocycles. The molecule has 14 heavy (non-hydrogen) atoms. The molecule has 0 atom stereocenters. The predicted octanol–water partition coefficient (Wildman–Crippen LogP) is 0.0504. The molecule has 0 bridgehead atoms. The molecule has 2 aromatic heterocycles. The minimum atomic E-state index is -0.0617. The van der Waals surface area contributed by atoms with E-state index in [1.165, 1.54) is 0 Å². The fourth-order valence-corrected chi connectivity index (χ4v) is 1.36. The van der Waals surface area contributed by atoms with Crippen LogP contribution in [0.1, 0.15) is 11.3 Å². The van der Waals surface area contributed by atoms with Gasteiger partial charge in [-0.05, 0) is 14.0 Å². The molecule has 0 aliphatic carbocycles. The van der Waals surface area contributed by atoms with Gasteiger partial charge in [-0.15, -0.1) is 0 Å². The zero-order chi connectivity index (χ0) is 10.1. The molecule has 0 aliphatic rings. The van der Waals surface area contributed by atoms with Gasteiger partial charge < -0.3 is 10.3 Å². The number of aryl methyl sites for hydroxylation is 1. The maximum Gasteiger partial charge on any atom is 0.254 e. The van der Waals surface area contributed by atoms with Crippen LogP contribution in [-0.2, 0) is 6.54 Å². The third-order valence-corrected chi connectivity index (χ3v) is 2.06. The molecule has 2 heterocycles. The molecule has 2 N–H and O–H groups in total. The van der Waals surface area contributed by atoms with E-state index in [1.54, 1.807) is 17.6 Å². The van der Waals surface area contributed by atoms with Gasteiger partial charge in [-0.2, -0.15) is 5.10 Å². The fourth-order valence-electron chi connectivity index (χ4n) is 1.36. The van der Waals surface area contributed by atoms with E-state index >= 15 is 0 Å². The first-order valence-electron chi connectivity index (χ1n) is 4.43. The Morgan fingerprint density at radius 2 is 2.43 bits per heavy atom. The van der Waals surface area contributed by atoms with Crippen molar-refractivity contribution in [3.8, 4) is 0 Å². The van der Waals surface area contributed by atoms with E-state index in [9.17, 15) is 4.79 Å². The van der Waals surface area contributed by atoms with Crippen LogP contribution in [0.4, 0.5) is 0 Å². The lowest BCUT2D eigenvalue weighted by Gasteiger charge is -1.93. The van der Waals surface area contributed by atoms with Gasteiger partial charge in [-0.1, -0.05) is 0 Å². The molecular formula is C9H12N4O. The van der Waals surface area contributed by atoms with E-state index in [0.717, 1.165) is 11.3 Å². The average Bonchev–Trinajstić information content (AvgIpc) is 2.48. The quantitative estimate of drug-likeness (QED) is 0.706. The van der Waals surface area contributed by atoms with E-state index in [-0.39, 0.29) is 5.56 Å². The van der Waals surface area contributed by atoms with Gasteiger partial charge in [0.1, 0.15) is 5.65 Å². The van der Waals surface area contributed by atoms with Gasteiger partial charge in [-0.25, -0.2) is 4.52 Å². The van der Waals surface area contributed by atoms with Gasteiger partial charge in [0.05, 0.1) is 5.69 Å². The fraction of sp³-hybridized carbons (Fsp3) is 0.333. The van der Waals surface area contributed by atoms with Crippen molar-refractivity contribution in [3.63, 3.8) is 0 Å². The van der Waals surface area contributed by atoms with E-state index in [4.69, 9.17) is 0 Å². The van der Waals surface area contributed by atoms with Crippen LogP contribution in [0, 0.1) is 6.92 Å². The lowest BCUT2D eigenvalue weighted by atomic mass is 10.4. The van der Waals surface area contributed by atoms with E-state index in [0.29, 0.717) is 12.1 Å². The molecule has 0 fully saturated rings. The second-order valence-corrected chi connectivity index (χ2v) is 3.26. The molecule has 0 spiro atoms. The SMILES string of the molecule is CNCc1cc2[nH]c(=O)c(C)cn2n1. The zero-order valence-corrected chi connectivity index (χ0v) is 8.16. The summed E-state index contributed by atoms with van der Waals surface area (Å²) in [6.45, 7) is 2.46. The molecule has 0 amide bonds. The first-order chi connectivity index (χ1) is 6.70. The summed E-state index contributed by atoms with van der Waals surface area (Å²) in [6.07, 6.45) is 1.73. The van der Waals surface area contributed by atoms with E-state index < -0.39 is 0 Å². The van der Waals surface area contributed by atoms with Crippen LogP contribution in [0.25, 0.3) is 5.65 Å². The number of H-pyrrole nitrogens is 1. The average molecular weight is 192 g/mol. The van der Waals surface area contributed by atoms with Gasteiger partial charge in [0.2, 0.25) is 0 Å². The maximum absolute atomic E-state index is 11.3. The molecular weight excluding hydrogens is 180 g/mol. The third-order valence-electron chi connectivity index (χ3n) is 2.06. The number of fused-ring (bicyclic) bond motifs is 1. The molecule has 74 valence electrons. The molecule has 0 aliphatic heterocycles. The Morgan fingerprint density at radius 3 is 3.14 bits per heavy atom. The Balaban J connectivity index is 2.60. The topological polar surface area (TPSA) is 62.2 Å². The van der Waals surface area contributed by atoms with Gasteiger partial charge in [0, 0.05) is 24.4 Å². The van der Waals surface area contributed by atoms with Crippen LogP contribution in [0.2, 0.25) is 0 Å². The summed E-state index contributed by atoms with van der Waals surface area (Å²) >= 11 is 0. The second kappa shape index (κ2) is 3.26. The highest BCUT2D eigenvalue weighted by Crippen LogP contribution is 2.01. The van der Waals surface area contributed by atoms with Crippen LogP contribution >= 0.6 is 0 Å². The lowest BCUT2D eigenvalue weighted by molar-refractivity contribution is 0.767. The molecule has 5 nitrogen and oxygen atoms in total. The molecule has 0 saturated heterocycles. The van der Waals surface area contributed by atoms with Gasteiger partial charge in [0.15, 0.2) is 0 Å². The van der Waals surface area contributed by atoms with Gasteiger partial charge in [0.25, 0.3) is 5.56 Å². The molecule has 0 saturated carbocycles. The highest BCUT2D eigenvalue weighted by Gasteiger charge is 2.02. The molecule has 5 heteroatoms. The number of nitrogens with one attached hydrogen (secondary N) is 2. The standard InChI is InChI=1S/C9H12N4O/c1-6-5-13-8(11-9(6)14)3-7(12-13)4-10-2/h3,5,10H,4H2,1-2H3,(H,11,14). The first-order valence-corrected chi connectivity index (χ1v) is 4.43. The second-order valence-electron chi connectivity index (χ2n) is 3.26. The zero-order valence-electron chi connectivity index (χ0n) is 8.16. The predicted molar refractivity (Wildman–Crippen MR) is 53.3 cm³/mol. The summed E-state index contributed by atoms with van der Waals surface area (Å²) in [5.41, 5.74) is 2.24. The molecule has 2 aromatic rings. The summed E-state index contributed by atoms with van der Waals surface area (Å²) in [6, 6.07) is 1.86. The van der Waals surface area contributed by atoms with Gasteiger partial charge >= 0.3 is 0 Å². The smallest absolute Gasteiger partial charge is 0.254 e. The van der Waals surface area contributed by atoms with Crippen molar-refractivity contribution < 1.29 is 0 Å². The van der Waals surface area contributed by atoms with E-state index in [2.05, 4.69) is 15.4 Å². The molecule has 0 unspecified atom stereocenters. The van der Waals surface area contributed by atoms with Crippen LogP contribution < -0.4 is 10.9 Å². The highest BCUT2D eigenvalue weighted by molar-refractivity contribution is 5.39. The van der Waals surface area contributed by atoms with Crippen molar-refractivity contribution in [1.29, 1.82) is 0 Å². The van der Waals surface area contributed by atoms with Crippen molar-refractivity contribution in [3.05, 3.63) is 33.9 Å². The van der Waals surface area contributed by atoms with Crippen LogP contribution in [0.15, 0.2) is 17.1 Å². The first kappa shape index (κ1) is 8.96. The number of hydrogen-bond acceptors (Lipinski definition) is 3. The number of nitrogens with zero attached hydrogens (tertiary/aromatic N) is 2. The minimum Gasteiger partial charge on any atom is -0.314 e. The van der Waals surface area contributed by atoms with Crippen LogP contribution in [-0.4, -0.2) is 21.6 Å². The van der Waals surface area contributed by atoms with Crippen molar-refractivity contribution >= 4 is 5.65 Å². The third kappa shape index (κ3) is 1.42. The van der Waals surface area contributed by atoms with Crippen molar-refractivity contribution in [1.82, 2.24) is 19.9 Å². The van der Waals surface area contributed by atoms with Gasteiger partial charge in [-0.3, -0.25) is 4.79 Å². The summed E-state index contributed by atoms with van der Waals surface area (Å²) < 4.78 is 1.68. The summed E-state index contributed by atoms with van der Waals surface area (Å²) in [5.74, 6) is 0. The summed E-state index contributed by atoms with van der Waals surface area (Å²) in [4.78, 5) is 14.0.